The Bertz CT molecular complexity index is 498. The van der Waals surface area contributed by atoms with Gasteiger partial charge in [-0.2, -0.15) is 0 Å². The van der Waals surface area contributed by atoms with Crippen molar-refractivity contribution in [1.29, 1.82) is 0 Å². The van der Waals surface area contributed by atoms with Crippen LogP contribution in [0.4, 0.5) is 0 Å². The van der Waals surface area contributed by atoms with Crippen LogP contribution in [-0.2, 0) is 12.1 Å². The van der Waals surface area contributed by atoms with E-state index >= 15 is 0 Å². The van der Waals surface area contributed by atoms with Crippen LogP contribution in [0.1, 0.15) is 23.2 Å². The molecule has 1 aromatic carbocycles. The van der Waals surface area contributed by atoms with Gasteiger partial charge < -0.3 is 5.32 Å². The van der Waals surface area contributed by atoms with Crippen LogP contribution in [0.25, 0.3) is 0 Å². The fourth-order valence-electron chi connectivity index (χ4n) is 1.81. The number of nitrogens with one attached hydrogen (secondary N) is 1. The number of halogens is 1. The minimum atomic E-state index is -0.222. The quantitative estimate of drug-likeness (QED) is 0.845. The number of alkyl halides is 1. The van der Waals surface area contributed by atoms with Crippen molar-refractivity contribution in [3.63, 3.8) is 0 Å². The number of aryl methyl sites for hydroxylation is 1. The SMILES string of the molecule is Cc1nc(CNC(C)(CCl)c2ccccc2)cs1. The molecule has 1 atom stereocenters. The summed E-state index contributed by atoms with van der Waals surface area (Å²) in [6.45, 7) is 4.88. The minimum Gasteiger partial charge on any atom is -0.301 e. The maximum absolute atomic E-state index is 6.13. The lowest BCUT2D eigenvalue weighted by Crippen LogP contribution is -2.40. The fraction of sp³-hybridized carbons (Fsp3) is 0.357. The van der Waals surface area contributed by atoms with E-state index in [1.807, 2.05) is 25.1 Å². The first-order valence-electron chi connectivity index (χ1n) is 5.91. The zero-order valence-electron chi connectivity index (χ0n) is 10.6. The minimum absolute atomic E-state index is 0.222. The molecule has 0 aliphatic carbocycles. The van der Waals surface area contributed by atoms with Crippen LogP contribution in [0, 0.1) is 6.92 Å². The second-order valence-corrected chi connectivity index (χ2v) is 5.87. The van der Waals surface area contributed by atoms with E-state index in [0.717, 1.165) is 17.2 Å². The highest BCUT2D eigenvalue weighted by Gasteiger charge is 2.24. The third-order valence-electron chi connectivity index (χ3n) is 3.00. The van der Waals surface area contributed by atoms with Gasteiger partial charge in [0.2, 0.25) is 0 Å². The maximum Gasteiger partial charge on any atom is 0.0897 e. The number of nitrogens with zero attached hydrogens (tertiary/aromatic N) is 1. The summed E-state index contributed by atoms with van der Waals surface area (Å²) in [5.74, 6) is 0.528. The molecule has 1 aromatic heterocycles. The Kier molecular flexibility index (Phi) is 4.38. The Morgan fingerprint density at radius 2 is 2.06 bits per heavy atom. The smallest absolute Gasteiger partial charge is 0.0897 e. The van der Waals surface area contributed by atoms with Gasteiger partial charge in [0.05, 0.1) is 16.2 Å². The molecule has 2 nitrogen and oxygen atoms in total. The van der Waals surface area contributed by atoms with Crippen molar-refractivity contribution in [1.82, 2.24) is 10.3 Å². The van der Waals surface area contributed by atoms with Crippen LogP contribution in [0.2, 0.25) is 0 Å². The first kappa shape index (κ1) is 13.5. The van der Waals surface area contributed by atoms with Crippen LogP contribution >= 0.6 is 22.9 Å². The van der Waals surface area contributed by atoms with Crippen LogP contribution in [0.5, 0.6) is 0 Å². The number of benzene rings is 1. The molecular formula is C14H17ClN2S. The van der Waals surface area contributed by atoms with E-state index in [1.165, 1.54) is 5.56 Å². The third-order valence-corrected chi connectivity index (χ3v) is 4.36. The number of hydrogen-bond acceptors (Lipinski definition) is 3. The van der Waals surface area contributed by atoms with E-state index < -0.39 is 0 Å². The number of thiazole rings is 1. The predicted octanol–water partition coefficient (Wildman–Crippen LogP) is 3.70. The third kappa shape index (κ3) is 3.10. The lowest BCUT2D eigenvalue weighted by Gasteiger charge is -2.29. The van der Waals surface area contributed by atoms with E-state index in [-0.39, 0.29) is 5.54 Å². The molecule has 2 aromatic rings. The topological polar surface area (TPSA) is 24.9 Å². The molecule has 0 bridgehead atoms. The van der Waals surface area contributed by atoms with Gasteiger partial charge in [0.25, 0.3) is 0 Å². The lowest BCUT2D eigenvalue weighted by atomic mass is 9.94. The van der Waals surface area contributed by atoms with Crippen molar-refractivity contribution in [3.05, 3.63) is 52.0 Å². The molecular weight excluding hydrogens is 264 g/mol. The van der Waals surface area contributed by atoms with E-state index in [4.69, 9.17) is 11.6 Å². The second-order valence-electron chi connectivity index (χ2n) is 4.54. The van der Waals surface area contributed by atoms with E-state index in [9.17, 15) is 0 Å². The molecule has 0 aliphatic heterocycles. The summed E-state index contributed by atoms with van der Waals surface area (Å²) in [6, 6.07) is 10.3. The van der Waals surface area contributed by atoms with Gasteiger partial charge in [-0.1, -0.05) is 30.3 Å². The highest BCUT2D eigenvalue weighted by molar-refractivity contribution is 7.09. The molecule has 0 aliphatic rings. The fourth-order valence-corrected chi connectivity index (χ4v) is 2.67. The Balaban J connectivity index is 2.09. The Labute approximate surface area is 117 Å². The van der Waals surface area contributed by atoms with Crippen molar-refractivity contribution in [2.45, 2.75) is 25.9 Å². The summed E-state index contributed by atoms with van der Waals surface area (Å²) in [5.41, 5.74) is 2.05. The molecule has 96 valence electrons. The molecule has 0 saturated carbocycles. The predicted molar refractivity (Wildman–Crippen MR) is 78.2 cm³/mol. The van der Waals surface area contributed by atoms with Gasteiger partial charge >= 0.3 is 0 Å². The Hall–Kier alpha value is -0.900. The summed E-state index contributed by atoms with van der Waals surface area (Å²) in [4.78, 5) is 4.45. The molecule has 1 unspecified atom stereocenters. The summed E-state index contributed by atoms with van der Waals surface area (Å²) in [5, 5.41) is 6.69. The Morgan fingerprint density at radius 3 is 2.61 bits per heavy atom. The molecule has 0 radical (unpaired) electrons. The monoisotopic (exact) mass is 280 g/mol. The molecule has 18 heavy (non-hydrogen) atoms. The summed E-state index contributed by atoms with van der Waals surface area (Å²) >= 11 is 7.81. The molecule has 4 heteroatoms. The van der Waals surface area contributed by atoms with Gasteiger partial charge in [0.15, 0.2) is 0 Å². The summed E-state index contributed by atoms with van der Waals surface area (Å²) < 4.78 is 0. The molecule has 0 spiro atoms. The van der Waals surface area contributed by atoms with Crippen LogP contribution in [0.3, 0.4) is 0 Å². The molecule has 0 amide bonds. The standard InChI is InChI=1S/C14H17ClN2S/c1-11-17-13(9-18-11)8-16-14(2,10-15)12-6-4-3-5-7-12/h3-7,9,16H,8,10H2,1-2H3. The first-order valence-corrected chi connectivity index (χ1v) is 7.33. The van der Waals surface area contributed by atoms with Crippen molar-refractivity contribution in [2.24, 2.45) is 0 Å². The Morgan fingerprint density at radius 1 is 1.33 bits per heavy atom. The number of aromatic nitrogens is 1. The van der Waals surface area contributed by atoms with Crippen molar-refractivity contribution >= 4 is 22.9 Å². The van der Waals surface area contributed by atoms with E-state index in [1.54, 1.807) is 11.3 Å². The molecule has 1 heterocycles. The van der Waals surface area contributed by atoms with Gasteiger partial charge in [-0.05, 0) is 19.4 Å². The first-order chi connectivity index (χ1) is 8.64. The van der Waals surface area contributed by atoms with E-state index in [2.05, 4.69) is 34.7 Å². The second kappa shape index (κ2) is 5.83. The van der Waals surface area contributed by atoms with Gasteiger partial charge in [-0.25, -0.2) is 4.98 Å². The largest absolute Gasteiger partial charge is 0.301 e. The van der Waals surface area contributed by atoms with Crippen LogP contribution < -0.4 is 5.32 Å². The number of hydrogen-bond donors (Lipinski definition) is 1. The van der Waals surface area contributed by atoms with Gasteiger partial charge in [-0.3, -0.25) is 0 Å². The van der Waals surface area contributed by atoms with E-state index in [0.29, 0.717) is 5.88 Å². The van der Waals surface area contributed by atoms with Crippen LogP contribution in [0.15, 0.2) is 35.7 Å². The highest BCUT2D eigenvalue weighted by atomic mass is 35.5. The van der Waals surface area contributed by atoms with Gasteiger partial charge in [0, 0.05) is 17.8 Å². The molecule has 1 N–H and O–H groups in total. The van der Waals surface area contributed by atoms with Gasteiger partial charge in [-0.15, -0.1) is 22.9 Å². The zero-order chi connectivity index (χ0) is 13.0. The highest BCUT2D eigenvalue weighted by Crippen LogP contribution is 2.22. The summed E-state index contributed by atoms with van der Waals surface area (Å²) in [7, 11) is 0. The maximum atomic E-state index is 6.13. The molecule has 0 saturated heterocycles. The van der Waals surface area contributed by atoms with Crippen molar-refractivity contribution in [2.75, 3.05) is 5.88 Å². The zero-order valence-corrected chi connectivity index (χ0v) is 12.2. The average Bonchev–Trinajstić information content (AvgIpc) is 2.83. The van der Waals surface area contributed by atoms with Crippen molar-refractivity contribution < 1.29 is 0 Å². The van der Waals surface area contributed by atoms with Crippen LogP contribution in [-0.4, -0.2) is 10.9 Å². The summed E-state index contributed by atoms with van der Waals surface area (Å²) in [6.07, 6.45) is 0. The van der Waals surface area contributed by atoms with Crippen molar-refractivity contribution in [3.8, 4) is 0 Å². The van der Waals surface area contributed by atoms with Gasteiger partial charge in [0.1, 0.15) is 0 Å². The molecule has 2 rings (SSSR count). The molecule has 0 fully saturated rings. The normalized spacial score (nSPS) is 14.4. The lowest BCUT2D eigenvalue weighted by molar-refractivity contribution is 0.404. The average molecular weight is 281 g/mol. The number of rotatable bonds is 5.